The number of aliphatic hydroxyl groups is 2. The third kappa shape index (κ3) is 5.91. The Balaban J connectivity index is 1.44. The van der Waals surface area contributed by atoms with Crippen molar-refractivity contribution in [1.82, 2.24) is 20.1 Å². The van der Waals surface area contributed by atoms with Crippen molar-refractivity contribution in [2.24, 2.45) is 0 Å². The fourth-order valence-corrected chi connectivity index (χ4v) is 5.63. The van der Waals surface area contributed by atoms with Crippen molar-refractivity contribution in [3.8, 4) is 11.3 Å². The van der Waals surface area contributed by atoms with Gasteiger partial charge in [0.15, 0.2) is 5.82 Å². The van der Waals surface area contributed by atoms with Gasteiger partial charge in [0.05, 0.1) is 33.9 Å². The average molecular weight is 656 g/mol. The highest BCUT2D eigenvalue weighted by Crippen LogP contribution is 2.39. The van der Waals surface area contributed by atoms with Crippen molar-refractivity contribution in [2.75, 3.05) is 6.54 Å². The van der Waals surface area contributed by atoms with Crippen molar-refractivity contribution >= 4 is 40.0 Å². The van der Waals surface area contributed by atoms with Crippen LogP contribution in [0.5, 0.6) is 0 Å². The van der Waals surface area contributed by atoms with Crippen LogP contribution in [-0.4, -0.2) is 37.4 Å². The molecule has 3 N–H and O–H groups in total. The van der Waals surface area contributed by atoms with Gasteiger partial charge in [-0.25, -0.2) is 18.2 Å². The highest BCUT2D eigenvalue weighted by molar-refractivity contribution is 6.35. The summed E-state index contributed by atoms with van der Waals surface area (Å²) < 4.78 is 46.7. The fraction of sp³-hybridized carbons (Fsp3) is 0.242. The lowest BCUT2D eigenvalue weighted by Gasteiger charge is -2.31. The zero-order chi connectivity index (χ0) is 32.3. The first-order chi connectivity index (χ1) is 21.3. The molecule has 0 radical (unpaired) electrons. The summed E-state index contributed by atoms with van der Waals surface area (Å²) in [7, 11) is 0. The molecule has 232 valence electrons. The van der Waals surface area contributed by atoms with Crippen molar-refractivity contribution in [3.05, 3.63) is 117 Å². The van der Waals surface area contributed by atoms with Gasteiger partial charge in [-0.2, -0.15) is 5.10 Å². The first kappa shape index (κ1) is 31.0. The molecule has 0 unspecified atom stereocenters. The van der Waals surface area contributed by atoms with Gasteiger partial charge in [-0.15, -0.1) is 0 Å². The molecular formula is C33H27Cl2F3N4O3. The van der Waals surface area contributed by atoms with Gasteiger partial charge in [0.2, 0.25) is 0 Å². The number of amides is 1. The van der Waals surface area contributed by atoms with Gasteiger partial charge in [-0.1, -0.05) is 53.5 Å². The molecule has 12 heteroatoms. The number of nitrogens with one attached hydrogen (secondary N) is 1. The van der Waals surface area contributed by atoms with E-state index in [-0.39, 0.29) is 27.4 Å². The molecule has 7 nitrogen and oxygen atoms in total. The molecule has 45 heavy (non-hydrogen) atoms. The molecule has 2 aromatic heterocycles. The van der Waals surface area contributed by atoms with Gasteiger partial charge >= 0.3 is 0 Å². The molecule has 0 spiro atoms. The van der Waals surface area contributed by atoms with E-state index in [9.17, 15) is 19.4 Å². The summed E-state index contributed by atoms with van der Waals surface area (Å²) in [4.78, 5) is 17.7. The number of carbonyl (C=O) groups is 1. The molecule has 0 aliphatic heterocycles. The molecule has 1 fully saturated rings. The zero-order valence-corrected chi connectivity index (χ0v) is 25.6. The number of carbonyl (C=O) groups excluding carboxylic acids is 1. The van der Waals surface area contributed by atoms with Crippen LogP contribution in [0.4, 0.5) is 13.2 Å². The number of hydrogen-bond donors (Lipinski definition) is 3. The quantitative estimate of drug-likeness (QED) is 0.156. The molecule has 2 heterocycles. The van der Waals surface area contributed by atoms with Crippen molar-refractivity contribution < 1.29 is 28.2 Å². The third-order valence-electron chi connectivity index (χ3n) is 7.82. The second kappa shape index (κ2) is 11.4. The molecule has 1 saturated carbocycles. The number of rotatable bonds is 8. The van der Waals surface area contributed by atoms with Gasteiger partial charge < -0.3 is 15.5 Å². The second-order valence-corrected chi connectivity index (χ2v) is 12.5. The standard InChI is InChI=1S/C33H27Cl2F3N4O3/c1-32(2,44)22-13-27(40-30(28(22)38)21-12-23(34)26(37)14-25(21)36)33(45,19-6-4-3-5-7-19)16-39-31(43)17-10-18-15-42(20-8-9-20)41-29(18)24(35)11-17/h3-7,10-15,20,44-45H,8-9,16H2,1-2H3,(H,39,43)/t33-/m1/s1. The highest BCUT2D eigenvalue weighted by atomic mass is 35.5. The lowest BCUT2D eigenvalue weighted by atomic mass is 9.86. The smallest absolute Gasteiger partial charge is 0.251 e. The van der Waals surface area contributed by atoms with Crippen LogP contribution in [0.2, 0.25) is 10.0 Å². The van der Waals surface area contributed by atoms with E-state index in [4.69, 9.17) is 23.2 Å². The summed E-state index contributed by atoms with van der Waals surface area (Å²) in [5.41, 5.74) is -4.56. The third-order valence-corrected chi connectivity index (χ3v) is 8.40. The van der Waals surface area contributed by atoms with E-state index >= 15 is 8.78 Å². The monoisotopic (exact) mass is 654 g/mol. The topological polar surface area (TPSA) is 100 Å². The van der Waals surface area contributed by atoms with E-state index in [0.717, 1.165) is 25.0 Å². The Morgan fingerprint density at radius 3 is 2.38 bits per heavy atom. The van der Waals surface area contributed by atoms with Gasteiger partial charge in [-0.05, 0) is 56.5 Å². The molecule has 1 aliphatic carbocycles. The minimum Gasteiger partial charge on any atom is -0.386 e. The molecule has 0 saturated heterocycles. The van der Waals surface area contributed by atoms with Gasteiger partial charge in [0.1, 0.15) is 28.4 Å². The zero-order valence-electron chi connectivity index (χ0n) is 24.1. The van der Waals surface area contributed by atoms with Crippen LogP contribution in [0.25, 0.3) is 22.2 Å². The summed E-state index contributed by atoms with van der Waals surface area (Å²) >= 11 is 12.4. The van der Waals surface area contributed by atoms with Crippen molar-refractivity contribution in [3.63, 3.8) is 0 Å². The highest BCUT2D eigenvalue weighted by Gasteiger charge is 2.38. The largest absolute Gasteiger partial charge is 0.386 e. The minimum absolute atomic E-state index is 0.214. The molecule has 3 aromatic carbocycles. The van der Waals surface area contributed by atoms with Crippen LogP contribution >= 0.6 is 23.2 Å². The van der Waals surface area contributed by atoms with Crippen LogP contribution in [0.3, 0.4) is 0 Å². The minimum atomic E-state index is -2.12. The van der Waals surface area contributed by atoms with Crippen molar-refractivity contribution in [1.29, 1.82) is 0 Å². The average Bonchev–Trinajstić information content (AvgIpc) is 3.76. The Labute approximate surface area is 266 Å². The van der Waals surface area contributed by atoms with E-state index in [2.05, 4.69) is 15.4 Å². The summed E-state index contributed by atoms with van der Waals surface area (Å²) in [6.45, 7) is 2.14. The molecule has 6 rings (SSSR count). The Hall–Kier alpha value is -3.96. The van der Waals surface area contributed by atoms with Crippen LogP contribution in [-0.2, 0) is 11.2 Å². The van der Waals surface area contributed by atoms with Crippen LogP contribution < -0.4 is 5.32 Å². The second-order valence-electron chi connectivity index (χ2n) is 11.7. The van der Waals surface area contributed by atoms with Crippen molar-refractivity contribution in [2.45, 2.75) is 43.9 Å². The van der Waals surface area contributed by atoms with Gasteiger partial charge in [-0.3, -0.25) is 9.48 Å². The Bertz CT molecular complexity index is 1960. The lowest BCUT2D eigenvalue weighted by molar-refractivity contribution is 0.0625. The molecule has 1 amide bonds. The number of fused-ring (bicyclic) bond motifs is 1. The maximum Gasteiger partial charge on any atom is 0.251 e. The number of nitrogens with zero attached hydrogens (tertiary/aromatic N) is 3. The maximum atomic E-state index is 15.9. The van der Waals surface area contributed by atoms with Crippen LogP contribution in [0.1, 0.15) is 59.9 Å². The van der Waals surface area contributed by atoms with Crippen LogP contribution in [0.15, 0.2) is 66.9 Å². The predicted octanol–water partition coefficient (Wildman–Crippen LogP) is 7.05. The number of hydrogen-bond acceptors (Lipinski definition) is 5. The normalized spacial score (nSPS) is 14.9. The van der Waals surface area contributed by atoms with Gasteiger partial charge in [0.25, 0.3) is 5.91 Å². The predicted molar refractivity (Wildman–Crippen MR) is 165 cm³/mol. The van der Waals surface area contributed by atoms with E-state index in [1.807, 2.05) is 10.9 Å². The lowest BCUT2D eigenvalue weighted by Crippen LogP contribution is -2.42. The number of aromatic nitrogens is 3. The SMILES string of the molecule is CC(C)(O)c1cc([C@@](O)(CNC(=O)c2cc(Cl)c3nn(C4CC4)cc3c2)c2ccccc2)nc(-c2cc(Cl)c(F)cc2F)c1F. The molecule has 1 aliphatic rings. The van der Waals surface area contributed by atoms with E-state index < -0.39 is 57.4 Å². The number of pyridine rings is 1. The van der Waals surface area contributed by atoms with E-state index in [0.29, 0.717) is 23.0 Å². The Kier molecular flexibility index (Phi) is 7.89. The fourth-order valence-electron chi connectivity index (χ4n) is 5.20. The Morgan fingerprint density at radius 2 is 1.71 bits per heavy atom. The first-order valence-corrected chi connectivity index (χ1v) is 14.8. The molecular weight excluding hydrogens is 628 g/mol. The van der Waals surface area contributed by atoms with Crippen LogP contribution in [0, 0.1) is 17.5 Å². The van der Waals surface area contributed by atoms with E-state index in [1.54, 1.807) is 36.4 Å². The van der Waals surface area contributed by atoms with Gasteiger partial charge in [0, 0.05) is 34.3 Å². The summed E-state index contributed by atoms with van der Waals surface area (Å²) in [5.74, 6) is -3.88. The summed E-state index contributed by atoms with van der Waals surface area (Å²) in [5, 5.41) is 30.9. The number of benzene rings is 3. The van der Waals surface area contributed by atoms with E-state index in [1.165, 1.54) is 19.9 Å². The summed E-state index contributed by atoms with van der Waals surface area (Å²) in [6, 6.07) is 14.1. The molecule has 1 atom stereocenters. The Morgan fingerprint density at radius 1 is 1.00 bits per heavy atom. The maximum absolute atomic E-state index is 15.9. The summed E-state index contributed by atoms with van der Waals surface area (Å²) in [6.07, 6.45) is 3.87. The molecule has 5 aromatic rings. The first-order valence-electron chi connectivity index (χ1n) is 14.1. The molecule has 0 bridgehead atoms. The number of halogens is 5.